The predicted octanol–water partition coefficient (Wildman–Crippen LogP) is 3.34. The number of aryl methyl sites for hydroxylation is 1. The van der Waals surface area contributed by atoms with Crippen LogP contribution in [0.5, 0.6) is 0 Å². The number of hydrogen-bond acceptors (Lipinski definition) is 2. The molecule has 2 aromatic rings. The lowest BCUT2D eigenvalue weighted by Crippen LogP contribution is -2.28. The van der Waals surface area contributed by atoms with Crippen molar-refractivity contribution in [2.45, 2.75) is 26.4 Å². The molecule has 0 spiro atoms. The van der Waals surface area contributed by atoms with Gasteiger partial charge >= 0.3 is 0 Å². The first-order valence-corrected chi connectivity index (χ1v) is 7.33. The van der Waals surface area contributed by atoms with E-state index in [1.165, 1.54) is 0 Å². The van der Waals surface area contributed by atoms with Crippen LogP contribution in [0.1, 0.15) is 35.9 Å². The zero-order valence-corrected chi connectivity index (χ0v) is 13.1. The quantitative estimate of drug-likeness (QED) is 0.900. The van der Waals surface area contributed by atoms with E-state index in [9.17, 15) is 4.79 Å². The fraction of sp³-hybridized carbons (Fsp3) is 0.267. The number of hydrogen-bond donors (Lipinski definition) is 2. The third-order valence-corrected chi connectivity index (χ3v) is 3.93. The van der Waals surface area contributed by atoms with Crippen LogP contribution in [0.2, 0.25) is 0 Å². The molecule has 106 valence electrons. The molecule has 1 amide bonds. The summed E-state index contributed by atoms with van der Waals surface area (Å²) in [6, 6.07) is 9.47. The molecule has 1 aromatic carbocycles. The summed E-state index contributed by atoms with van der Waals surface area (Å²) < 4.78 is 2.83. The number of rotatable bonds is 4. The van der Waals surface area contributed by atoms with Crippen LogP contribution in [-0.4, -0.2) is 10.5 Å². The lowest BCUT2D eigenvalue weighted by atomic mass is 10.1. The normalized spacial score (nSPS) is 12.2. The van der Waals surface area contributed by atoms with E-state index in [1.54, 1.807) is 12.3 Å². The number of nitrogens with one attached hydrogen (secondary N) is 1. The Morgan fingerprint density at radius 3 is 2.80 bits per heavy atom. The largest absolute Gasteiger partial charge is 0.397 e. The Hall–Kier alpha value is -1.75. The number of nitrogens with zero attached hydrogens (tertiary/aromatic N) is 1. The van der Waals surface area contributed by atoms with Crippen molar-refractivity contribution >= 4 is 27.5 Å². The molecule has 0 aliphatic rings. The van der Waals surface area contributed by atoms with Crippen LogP contribution in [0.25, 0.3) is 0 Å². The zero-order valence-electron chi connectivity index (χ0n) is 11.6. The van der Waals surface area contributed by atoms with E-state index in [0.717, 1.165) is 10.0 Å². The summed E-state index contributed by atoms with van der Waals surface area (Å²) >= 11 is 3.50. The highest BCUT2D eigenvalue weighted by molar-refractivity contribution is 9.10. The number of benzene rings is 1. The highest BCUT2D eigenvalue weighted by Gasteiger charge is 2.16. The summed E-state index contributed by atoms with van der Waals surface area (Å²) in [5.74, 6) is -0.119. The number of amides is 1. The SMILES string of the molecule is CCn1cc(N)cc1C(=O)NC(C)c1ccccc1Br. The summed E-state index contributed by atoms with van der Waals surface area (Å²) in [4.78, 5) is 12.3. The molecule has 0 aliphatic heterocycles. The molecule has 0 aliphatic carbocycles. The standard InChI is InChI=1S/C15H18BrN3O/c1-3-19-9-11(17)8-14(19)15(20)18-10(2)12-6-4-5-7-13(12)16/h4-10H,3,17H2,1-2H3,(H,18,20). The number of anilines is 1. The molecule has 5 heteroatoms. The Labute approximate surface area is 127 Å². The minimum Gasteiger partial charge on any atom is -0.397 e. The first-order chi connectivity index (χ1) is 9.52. The lowest BCUT2D eigenvalue weighted by Gasteiger charge is -2.16. The monoisotopic (exact) mass is 335 g/mol. The maximum absolute atomic E-state index is 12.3. The Morgan fingerprint density at radius 2 is 2.15 bits per heavy atom. The number of nitrogen functional groups attached to an aromatic ring is 1. The molecular formula is C15H18BrN3O. The molecule has 3 N–H and O–H groups in total. The summed E-state index contributed by atoms with van der Waals surface area (Å²) in [6.07, 6.45) is 1.78. The average Bonchev–Trinajstić information content (AvgIpc) is 2.80. The summed E-state index contributed by atoms with van der Waals surface area (Å²) in [5, 5.41) is 3.00. The average molecular weight is 336 g/mol. The summed E-state index contributed by atoms with van der Waals surface area (Å²) in [5.41, 5.74) is 7.98. The van der Waals surface area contributed by atoms with Gasteiger partial charge in [-0.15, -0.1) is 0 Å². The van der Waals surface area contributed by atoms with E-state index in [2.05, 4.69) is 21.2 Å². The molecule has 1 aromatic heterocycles. The number of carbonyl (C=O) groups is 1. The fourth-order valence-corrected chi connectivity index (χ4v) is 2.79. The van der Waals surface area contributed by atoms with Crippen molar-refractivity contribution in [1.29, 1.82) is 0 Å². The molecular weight excluding hydrogens is 318 g/mol. The lowest BCUT2D eigenvalue weighted by molar-refractivity contribution is 0.0930. The van der Waals surface area contributed by atoms with Crippen LogP contribution in [0.4, 0.5) is 5.69 Å². The Morgan fingerprint density at radius 1 is 1.45 bits per heavy atom. The van der Waals surface area contributed by atoms with E-state index < -0.39 is 0 Å². The second-order valence-electron chi connectivity index (χ2n) is 4.66. The Kier molecular flexibility index (Phi) is 4.49. The van der Waals surface area contributed by atoms with Crippen molar-refractivity contribution in [2.75, 3.05) is 5.73 Å². The van der Waals surface area contributed by atoms with Gasteiger partial charge in [0.15, 0.2) is 0 Å². The molecule has 20 heavy (non-hydrogen) atoms. The summed E-state index contributed by atoms with van der Waals surface area (Å²) in [7, 11) is 0. The van der Waals surface area contributed by atoms with Gasteiger partial charge in [0.1, 0.15) is 5.69 Å². The zero-order chi connectivity index (χ0) is 14.7. The van der Waals surface area contributed by atoms with E-state index in [-0.39, 0.29) is 11.9 Å². The van der Waals surface area contributed by atoms with Crippen LogP contribution < -0.4 is 11.1 Å². The van der Waals surface area contributed by atoms with Crippen molar-refractivity contribution < 1.29 is 4.79 Å². The number of carbonyl (C=O) groups excluding carboxylic acids is 1. The van der Waals surface area contributed by atoms with Gasteiger partial charge in [-0.2, -0.15) is 0 Å². The highest BCUT2D eigenvalue weighted by Crippen LogP contribution is 2.23. The van der Waals surface area contributed by atoms with Gasteiger partial charge in [-0.1, -0.05) is 34.1 Å². The first kappa shape index (κ1) is 14.7. The molecule has 0 radical (unpaired) electrons. The van der Waals surface area contributed by atoms with Gasteiger partial charge in [0.25, 0.3) is 5.91 Å². The van der Waals surface area contributed by atoms with E-state index in [0.29, 0.717) is 17.9 Å². The van der Waals surface area contributed by atoms with Crippen LogP contribution in [0, 0.1) is 0 Å². The second kappa shape index (κ2) is 6.13. The highest BCUT2D eigenvalue weighted by atomic mass is 79.9. The number of aromatic nitrogens is 1. The minimum absolute atomic E-state index is 0.0838. The van der Waals surface area contributed by atoms with Crippen molar-refractivity contribution in [1.82, 2.24) is 9.88 Å². The van der Waals surface area contributed by atoms with Gasteiger partial charge < -0.3 is 15.6 Å². The number of halogens is 1. The number of nitrogens with two attached hydrogens (primary N) is 1. The maximum Gasteiger partial charge on any atom is 0.268 e. The van der Waals surface area contributed by atoms with Crippen molar-refractivity contribution in [3.8, 4) is 0 Å². The van der Waals surface area contributed by atoms with Gasteiger partial charge in [0.2, 0.25) is 0 Å². The maximum atomic E-state index is 12.3. The Balaban J connectivity index is 2.17. The minimum atomic E-state index is -0.119. The molecule has 0 bridgehead atoms. The van der Waals surface area contributed by atoms with Gasteiger partial charge in [-0.05, 0) is 31.5 Å². The van der Waals surface area contributed by atoms with Crippen LogP contribution in [-0.2, 0) is 6.54 Å². The molecule has 0 fully saturated rings. The molecule has 0 saturated heterocycles. The molecule has 4 nitrogen and oxygen atoms in total. The van der Waals surface area contributed by atoms with Crippen LogP contribution in [0.3, 0.4) is 0 Å². The fourth-order valence-electron chi connectivity index (χ4n) is 2.16. The van der Waals surface area contributed by atoms with Crippen LogP contribution >= 0.6 is 15.9 Å². The van der Waals surface area contributed by atoms with Crippen molar-refractivity contribution in [2.24, 2.45) is 0 Å². The second-order valence-corrected chi connectivity index (χ2v) is 5.52. The van der Waals surface area contributed by atoms with Gasteiger partial charge in [0.05, 0.1) is 11.7 Å². The van der Waals surface area contributed by atoms with Crippen molar-refractivity contribution in [3.05, 3.63) is 52.3 Å². The van der Waals surface area contributed by atoms with Gasteiger partial charge in [-0.3, -0.25) is 4.79 Å². The van der Waals surface area contributed by atoms with Gasteiger partial charge in [0, 0.05) is 17.2 Å². The molecule has 1 atom stereocenters. The van der Waals surface area contributed by atoms with E-state index in [1.807, 2.05) is 42.7 Å². The molecule has 1 heterocycles. The molecule has 2 rings (SSSR count). The van der Waals surface area contributed by atoms with Crippen molar-refractivity contribution in [3.63, 3.8) is 0 Å². The van der Waals surface area contributed by atoms with Crippen LogP contribution in [0.15, 0.2) is 41.0 Å². The summed E-state index contributed by atoms with van der Waals surface area (Å²) in [6.45, 7) is 4.65. The third-order valence-electron chi connectivity index (χ3n) is 3.21. The Bertz CT molecular complexity index is 621. The van der Waals surface area contributed by atoms with Gasteiger partial charge in [-0.25, -0.2) is 0 Å². The molecule has 1 unspecified atom stereocenters. The van der Waals surface area contributed by atoms with E-state index >= 15 is 0 Å². The third kappa shape index (κ3) is 3.04. The molecule has 0 saturated carbocycles. The predicted molar refractivity (Wildman–Crippen MR) is 84.5 cm³/mol. The first-order valence-electron chi connectivity index (χ1n) is 6.53. The smallest absolute Gasteiger partial charge is 0.268 e. The van der Waals surface area contributed by atoms with E-state index in [4.69, 9.17) is 5.73 Å². The topological polar surface area (TPSA) is 60.0 Å².